The summed E-state index contributed by atoms with van der Waals surface area (Å²) < 4.78 is 33.5. The van der Waals surface area contributed by atoms with Gasteiger partial charge in [-0.1, -0.05) is 41.9 Å². The van der Waals surface area contributed by atoms with Crippen LogP contribution in [0.5, 0.6) is 0 Å². The number of sulfonamides is 1. The lowest BCUT2D eigenvalue weighted by Crippen LogP contribution is -2.49. The van der Waals surface area contributed by atoms with Crippen LogP contribution in [0, 0.1) is 11.8 Å². The van der Waals surface area contributed by atoms with Crippen LogP contribution in [0.25, 0.3) is 0 Å². The van der Waals surface area contributed by atoms with Gasteiger partial charge in [0.05, 0.1) is 11.3 Å². The van der Waals surface area contributed by atoms with Gasteiger partial charge in [-0.25, -0.2) is 8.42 Å². The van der Waals surface area contributed by atoms with Crippen molar-refractivity contribution in [3.8, 4) is 0 Å². The van der Waals surface area contributed by atoms with Crippen LogP contribution in [0.1, 0.15) is 51.9 Å². The number of fused-ring (bicyclic) bond motifs is 1. The minimum atomic E-state index is -3.22. The van der Waals surface area contributed by atoms with E-state index in [2.05, 4.69) is 22.6 Å². The number of esters is 1. The molecule has 1 aliphatic heterocycles. The molecule has 7 heteroatoms. The van der Waals surface area contributed by atoms with Crippen LogP contribution >= 0.6 is 22.6 Å². The smallest absolute Gasteiger partial charge is 0.318 e. The first-order valence-corrected chi connectivity index (χ1v) is 11.5. The SMILES string of the molecule is CC(I)C(=O)OC1C2CC3C1N(C1CCCCC1)S(=O)(=O)C3C2. The third-order valence-corrected chi connectivity index (χ3v) is 9.25. The molecular formula is C16H24INO4S. The van der Waals surface area contributed by atoms with Gasteiger partial charge in [0.1, 0.15) is 10.0 Å². The molecule has 0 aromatic carbocycles. The van der Waals surface area contributed by atoms with E-state index in [0.29, 0.717) is 6.42 Å². The van der Waals surface area contributed by atoms with Crippen molar-refractivity contribution >= 4 is 38.6 Å². The van der Waals surface area contributed by atoms with Gasteiger partial charge in [0.25, 0.3) is 0 Å². The lowest BCUT2D eigenvalue weighted by Gasteiger charge is -2.36. The van der Waals surface area contributed by atoms with Crippen molar-refractivity contribution in [2.24, 2.45) is 11.8 Å². The lowest BCUT2D eigenvalue weighted by molar-refractivity contribution is -0.152. The van der Waals surface area contributed by atoms with E-state index < -0.39 is 10.0 Å². The standard InChI is InChI=1S/C16H24INO4S/c1-9(17)16(19)22-15-10-7-12-13(8-10)23(20,21)18(14(12)15)11-5-3-2-4-6-11/h9-15H,2-8H2,1H3. The quantitative estimate of drug-likeness (QED) is 0.374. The summed E-state index contributed by atoms with van der Waals surface area (Å²) in [5, 5.41) is -0.216. The number of halogens is 1. The van der Waals surface area contributed by atoms with Gasteiger partial charge in [-0.3, -0.25) is 4.79 Å². The Morgan fingerprint density at radius 3 is 2.57 bits per heavy atom. The highest BCUT2D eigenvalue weighted by Gasteiger charge is 2.68. The Morgan fingerprint density at radius 1 is 1.22 bits per heavy atom. The van der Waals surface area contributed by atoms with Crippen molar-refractivity contribution in [1.82, 2.24) is 4.31 Å². The first kappa shape index (κ1) is 16.6. The van der Waals surface area contributed by atoms with Crippen LogP contribution in [0.4, 0.5) is 0 Å². The predicted octanol–water partition coefficient (Wildman–Crippen LogP) is 2.48. The molecule has 2 bridgehead atoms. The van der Waals surface area contributed by atoms with Crippen molar-refractivity contribution in [1.29, 1.82) is 0 Å². The summed E-state index contributed by atoms with van der Waals surface area (Å²) in [5.41, 5.74) is 0. The number of rotatable bonds is 3. The summed E-state index contributed by atoms with van der Waals surface area (Å²) in [7, 11) is -3.22. The van der Waals surface area contributed by atoms with Crippen molar-refractivity contribution < 1.29 is 17.9 Å². The molecule has 5 nitrogen and oxygen atoms in total. The number of hydrogen-bond acceptors (Lipinski definition) is 4. The van der Waals surface area contributed by atoms with E-state index in [1.54, 1.807) is 0 Å². The second kappa shape index (κ2) is 5.83. The first-order chi connectivity index (χ1) is 10.9. The zero-order chi connectivity index (χ0) is 16.4. The Balaban J connectivity index is 1.64. The fourth-order valence-corrected chi connectivity index (χ4v) is 8.31. The van der Waals surface area contributed by atoms with Crippen molar-refractivity contribution in [3.05, 3.63) is 0 Å². The number of hydrogen-bond donors (Lipinski definition) is 0. The summed E-state index contributed by atoms with van der Waals surface area (Å²) in [6.45, 7) is 1.82. The molecule has 0 aromatic heterocycles. The molecule has 4 aliphatic rings. The molecule has 1 heterocycles. The van der Waals surface area contributed by atoms with E-state index in [1.165, 1.54) is 6.42 Å². The normalized spacial score (nSPS) is 43.7. The van der Waals surface area contributed by atoms with E-state index in [9.17, 15) is 13.2 Å². The van der Waals surface area contributed by atoms with Crippen LogP contribution in [-0.2, 0) is 19.6 Å². The van der Waals surface area contributed by atoms with E-state index in [-0.39, 0.29) is 45.2 Å². The maximum Gasteiger partial charge on any atom is 0.318 e. The second-order valence-corrected chi connectivity index (χ2v) is 11.5. The first-order valence-electron chi connectivity index (χ1n) is 8.78. The molecule has 3 aliphatic carbocycles. The number of carbonyl (C=O) groups excluding carboxylic acids is 1. The maximum atomic E-state index is 13.1. The average Bonchev–Trinajstić information content (AvgIpc) is 3.11. The predicted molar refractivity (Wildman–Crippen MR) is 94.8 cm³/mol. The van der Waals surface area contributed by atoms with Crippen LogP contribution in [0.2, 0.25) is 0 Å². The van der Waals surface area contributed by atoms with Gasteiger partial charge in [0.2, 0.25) is 10.0 Å². The number of nitrogens with zero attached hydrogens (tertiary/aromatic N) is 1. The topological polar surface area (TPSA) is 63.7 Å². The maximum absolute atomic E-state index is 13.1. The van der Waals surface area contributed by atoms with Crippen LogP contribution in [0.3, 0.4) is 0 Å². The Bertz CT molecular complexity index is 601. The third kappa shape index (κ3) is 2.47. The zero-order valence-electron chi connectivity index (χ0n) is 13.4. The van der Waals surface area contributed by atoms with Gasteiger partial charge < -0.3 is 4.74 Å². The van der Waals surface area contributed by atoms with Crippen LogP contribution in [0.15, 0.2) is 0 Å². The molecule has 23 heavy (non-hydrogen) atoms. The highest BCUT2D eigenvalue weighted by Crippen LogP contribution is 2.58. The van der Waals surface area contributed by atoms with E-state index >= 15 is 0 Å². The molecule has 6 unspecified atom stereocenters. The molecule has 0 spiro atoms. The van der Waals surface area contributed by atoms with E-state index in [1.807, 2.05) is 11.2 Å². The number of ether oxygens (including phenoxy) is 1. The minimum Gasteiger partial charge on any atom is -0.460 e. The fourth-order valence-electron chi connectivity index (χ4n) is 5.40. The molecule has 4 rings (SSSR count). The highest BCUT2D eigenvalue weighted by molar-refractivity contribution is 14.1. The molecule has 0 amide bonds. The molecule has 1 saturated heterocycles. The molecule has 6 atom stereocenters. The third-order valence-electron chi connectivity index (χ3n) is 6.31. The van der Waals surface area contributed by atoms with Crippen molar-refractivity contribution in [2.75, 3.05) is 0 Å². The molecule has 0 aromatic rings. The number of alkyl halides is 1. The minimum absolute atomic E-state index is 0.0917. The van der Waals surface area contributed by atoms with Crippen molar-refractivity contribution in [2.45, 2.75) is 79.2 Å². The zero-order valence-corrected chi connectivity index (χ0v) is 16.3. The van der Waals surface area contributed by atoms with Crippen molar-refractivity contribution in [3.63, 3.8) is 0 Å². The second-order valence-electron chi connectivity index (χ2n) is 7.61. The van der Waals surface area contributed by atoms with Gasteiger partial charge in [-0.05, 0) is 44.4 Å². The van der Waals surface area contributed by atoms with E-state index in [0.717, 1.165) is 32.1 Å². The molecule has 130 valence electrons. The summed E-state index contributed by atoms with van der Waals surface area (Å²) in [4.78, 5) is 12.1. The largest absolute Gasteiger partial charge is 0.460 e. The summed E-state index contributed by atoms with van der Waals surface area (Å²) in [5.74, 6) is 0.208. The Kier molecular flexibility index (Phi) is 4.20. The average molecular weight is 453 g/mol. The summed E-state index contributed by atoms with van der Waals surface area (Å²) in [6.07, 6.45) is 6.71. The van der Waals surface area contributed by atoms with E-state index in [4.69, 9.17) is 4.74 Å². The van der Waals surface area contributed by atoms with Crippen LogP contribution in [-0.4, -0.2) is 46.1 Å². The van der Waals surface area contributed by atoms with Gasteiger partial charge in [0, 0.05) is 6.04 Å². The number of carbonyl (C=O) groups is 1. The summed E-state index contributed by atoms with van der Waals surface area (Å²) in [6, 6.07) is 0.0345. The lowest BCUT2D eigenvalue weighted by atomic mass is 9.89. The van der Waals surface area contributed by atoms with Gasteiger partial charge in [0.15, 0.2) is 0 Å². The fraction of sp³-hybridized carbons (Fsp3) is 0.938. The van der Waals surface area contributed by atoms with Gasteiger partial charge in [-0.15, -0.1) is 0 Å². The van der Waals surface area contributed by atoms with Gasteiger partial charge >= 0.3 is 5.97 Å². The Hall–Kier alpha value is 0.110. The molecule has 0 radical (unpaired) electrons. The monoisotopic (exact) mass is 453 g/mol. The Morgan fingerprint density at radius 2 is 1.91 bits per heavy atom. The summed E-state index contributed by atoms with van der Waals surface area (Å²) >= 11 is 2.06. The molecular weight excluding hydrogens is 429 g/mol. The molecule has 4 fully saturated rings. The van der Waals surface area contributed by atoms with Crippen LogP contribution < -0.4 is 0 Å². The molecule has 0 N–H and O–H groups in total. The highest BCUT2D eigenvalue weighted by atomic mass is 127. The van der Waals surface area contributed by atoms with Gasteiger partial charge in [-0.2, -0.15) is 4.31 Å². The Labute approximate surface area is 151 Å². The molecule has 3 saturated carbocycles.